The molecule has 1 saturated carbocycles. The van der Waals surface area contributed by atoms with Crippen LogP contribution in [-0.4, -0.2) is 24.5 Å². The second-order valence-corrected chi connectivity index (χ2v) is 4.08. The van der Waals surface area contributed by atoms with E-state index >= 15 is 0 Å². The second kappa shape index (κ2) is 3.05. The van der Waals surface area contributed by atoms with Crippen LogP contribution in [0.5, 0.6) is 0 Å². The summed E-state index contributed by atoms with van der Waals surface area (Å²) in [5, 5.41) is 6.47. The maximum Gasteiger partial charge on any atom is 0.217 e. The predicted octanol–water partition coefficient (Wildman–Crippen LogP) is 0.263. The average Bonchev–Trinajstić information content (AvgIpc) is 2.29. The molecule has 2 rings (SSSR count). The molecule has 2 aliphatic rings. The van der Waals surface area contributed by atoms with Crippen molar-refractivity contribution in [3.63, 3.8) is 0 Å². The van der Waals surface area contributed by atoms with Gasteiger partial charge in [0.25, 0.3) is 0 Å². The van der Waals surface area contributed by atoms with E-state index in [2.05, 4.69) is 10.6 Å². The Morgan fingerprint density at radius 1 is 1.42 bits per heavy atom. The van der Waals surface area contributed by atoms with E-state index in [9.17, 15) is 4.79 Å². The van der Waals surface area contributed by atoms with E-state index in [0.717, 1.165) is 18.9 Å². The van der Waals surface area contributed by atoms with Crippen molar-refractivity contribution < 1.29 is 4.79 Å². The Bertz CT molecular complexity index is 181. The fourth-order valence-electron chi connectivity index (χ4n) is 2.51. The van der Waals surface area contributed by atoms with E-state index in [4.69, 9.17) is 0 Å². The molecule has 0 aromatic carbocycles. The van der Waals surface area contributed by atoms with Gasteiger partial charge in [0.1, 0.15) is 0 Å². The van der Waals surface area contributed by atoms with Crippen LogP contribution in [0.4, 0.5) is 0 Å². The molecule has 1 aliphatic heterocycles. The van der Waals surface area contributed by atoms with Crippen LogP contribution in [0.15, 0.2) is 0 Å². The van der Waals surface area contributed by atoms with Gasteiger partial charge in [-0.05, 0) is 31.7 Å². The summed E-state index contributed by atoms with van der Waals surface area (Å²) in [6.45, 7) is 2.75. The molecule has 3 atom stereocenters. The first-order valence-corrected chi connectivity index (χ1v) is 4.74. The van der Waals surface area contributed by atoms with Gasteiger partial charge in [-0.3, -0.25) is 4.79 Å². The number of carbonyl (C=O) groups excluding carboxylic acids is 1. The van der Waals surface area contributed by atoms with E-state index in [1.807, 2.05) is 0 Å². The fourth-order valence-corrected chi connectivity index (χ4v) is 2.51. The minimum absolute atomic E-state index is 0.112. The zero-order chi connectivity index (χ0) is 8.55. The summed E-state index contributed by atoms with van der Waals surface area (Å²) in [4.78, 5) is 10.8. The Morgan fingerprint density at radius 2 is 2.25 bits per heavy atom. The SMILES string of the molecule is CC(=O)NC1CC2CNC(C2)C1. The van der Waals surface area contributed by atoms with Crippen LogP contribution in [-0.2, 0) is 4.79 Å². The lowest BCUT2D eigenvalue weighted by molar-refractivity contribution is -0.119. The molecule has 1 saturated heterocycles. The molecule has 2 fully saturated rings. The molecule has 1 amide bonds. The molecule has 2 N–H and O–H groups in total. The summed E-state index contributed by atoms with van der Waals surface area (Å²) in [7, 11) is 0. The zero-order valence-electron chi connectivity index (χ0n) is 7.47. The van der Waals surface area contributed by atoms with Crippen LogP contribution < -0.4 is 10.6 Å². The van der Waals surface area contributed by atoms with E-state index in [-0.39, 0.29) is 5.91 Å². The number of amides is 1. The maximum absolute atomic E-state index is 10.8. The van der Waals surface area contributed by atoms with E-state index < -0.39 is 0 Å². The van der Waals surface area contributed by atoms with E-state index in [1.54, 1.807) is 6.92 Å². The second-order valence-electron chi connectivity index (χ2n) is 4.08. The smallest absolute Gasteiger partial charge is 0.217 e. The Morgan fingerprint density at radius 3 is 2.92 bits per heavy atom. The quantitative estimate of drug-likeness (QED) is 0.590. The van der Waals surface area contributed by atoms with Crippen molar-refractivity contribution in [1.29, 1.82) is 0 Å². The topological polar surface area (TPSA) is 41.1 Å². The first-order chi connectivity index (χ1) is 5.74. The van der Waals surface area contributed by atoms with Gasteiger partial charge in [-0.2, -0.15) is 0 Å². The monoisotopic (exact) mass is 168 g/mol. The molecule has 3 nitrogen and oxygen atoms in total. The summed E-state index contributed by atoms with van der Waals surface area (Å²) in [6.07, 6.45) is 3.61. The van der Waals surface area contributed by atoms with Crippen LogP contribution in [0.1, 0.15) is 26.2 Å². The van der Waals surface area contributed by atoms with Gasteiger partial charge in [0.2, 0.25) is 5.91 Å². The molecule has 3 heteroatoms. The van der Waals surface area contributed by atoms with Crippen molar-refractivity contribution in [1.82, 2.24) is 10.6 Å². The van der Waals surface area contributed by atoms with Gasteiger partial charge in [-0.15, -0.1) is 0 Å². The molecule has 0 aromatic rings. The largest absolute Gasteiger partial charge is 0.354 e. The highest BCUT2D eigenvalue weighted by Gasteiger charge is 2.33. The highest BCUT2D eigenvalue weighted by molar-refractivity contribution is 5.73. The fraction of sp³-hybridized carbons (Fsp3) is 0.889. The Kier molecular flexibility index (Phi) is 2.05. The number of nitrogens with one attached hydrogen (secondary N) is 2. The minimum atomic E-state index is 0.112. The van der Waals surface area contributed by atoms with Gasteiger partial charge in [-0.25, -0.2) is 0 Å². The molecule has 2 bridgehead atoms. The zero-order valence-corrected chi connectivity index (χ0v) is 7.47. The predicted molar refractivity (Wildman–Crippen MR) is 46.7 cm³/mol. The molecule has 68 valence electrons. The molecule has 3 unspecified atom stereocenters. The van der Waals surface area contributed by atoms with Crippen molar-refractivity contribution in [2.45, 2.75) is 38.3 Å². The van der Waals surface area contributed by atoms with Gasteiger partial charge in [0.15, 0.2) is 0 Å². The standard InChI is InChI=1S/C9H16N2O/c1-6(12)11-9-3-7-2-8(4-9)10-5-7/h7-10H,2-5H2,1H3,(H,11,12). The molecule has 0 aromatic heterocycles. The third-order valence-electron chi connectivity index (χ3n) is 2.91. The summed E-state index contributed by atoms with van der Waals surface area (Å²) < 4.78 is 0. The van der Waals surface area contributed by atoms with E-state index in [0.29, 0.717) is 12.1 Å². The van der Waals surface area contributed by atoms with Gasteiger partial charge in [0, 0.05) is 19.0 Å². The number of carbonyl (C=O) groups is 1. The molecule has 0 spiro atoms. The summed E-state index contributed by atoms with van der Waals surface area (Å²) in [5.74, 6) is 0.918. The maximum atomic E-state index is 10.8. The van der Waals surface area contributed by atoms with Crippen LogP contribution in [0.25, 0.3) is 0 Å². The Labute approximate surface area is 72.9 Å². The summed E-state index contributed by atoms with van der Waals surface area (Å²) in [6, 6.07) is 1.10. The third kappa shape index (κ3) is 1.61. The third-order valence-corrected chi connectivity index (χ3v) is 2.91. The van der Waals surface area contributed by atoms with Gasteiger partial charge < -0.3 is 10.6 Å². The first-order valence-electron chi connectivity index (χ1n) is 4.74. The highest BCUT2D eigenvalue weighted by Crippen LogP contribution is 2.29. The average molecular weight is 168 g/mol. The normalized spacial score (nSPS) is 39.6. The van der Waals surface area contributed by atoms with Gasteiger partial charge >= 0.3 is 0 Å². The first kappa shape index (κ1) is 8.05. The summed E-state index contributed by atoms with van der Waals surface area (Å²) in [5.41, 5.74) is 0. The lowest BCUT2D eigenvalue weighted by Crippen LogP contribution is -2.40. The molecule has 0 radical (unpaired) electrons. The Balaban J connectivity index is 1.89. The lowest BCUT2D eigenvalue weighted by Gasteiger charge is -2.27. The number of hydrogen-bond donors (Lipinski definition) is 2. The molecular formula is C9H16N2O. The molecule has 1 aliphatic carbocycles. The van der Waals surface area contributed by atoms with Gasteiger partial charge in [0.05, 0.1) is 0 Å². The lowest BCUT2D eigenvalue weighted by atomic mass is 9.86. The van der Waals surface area contributed by atoms with E-state index in [1.165, 1.54) is 12.8 Å². The number of hydrogen-bond acceptors (Lipinski definition) is 2. The molecular weight excluding hydrogens is 152 g/mol. The van der Waals surface area contributed by atoms with Crippen LogP contribution in [0.2, 0.25) is 0 Å². The van der Waals surface area contributed by atoms with Crippen LogP contribution >= 0.6 is 0 Å². The highest BCUT2D eigenvalue weighted by atomic mass is 16.1. The van der Waals surface area contributed by atoms with Crippen molar-refractivity contribution in [2.75, 3.05) is 6.54 Å². The summed E-state index contributed by atoms with van der Waals surface area (Å²) >= 11 is 0. The van der Waals surface area contributed by atoms with Gasteiger partial charge in [-0.1, -0.05) is 0 Å². The minimum Gasteiger partial charge on any atom is -0.354 e. The van der Waals surface area contributed by atoms with Crippen molar-refractivity contribution in [3.8, 4) is 0 Å². The number of rotatable bonds is 1. The van der Waals surface area contributed by atoms with Crippen LogP contribution in [0, 0.1) is 5.92 Å². The Hall–Kier alpha value is -0.570. The number of fused-ring (bicyclic) bond motifs is 2. The van der Waals surface area contributed by atoms with Crippen molar-refractivity contribution in [3.05, 3.63) is 0 Å². The molecule has 1 heterocycles. The van der Waals surface area contributed by atoms with Crippen molar-refractivity contribution in [2.24, 2.45) is 5.92 Å². The molecule has 12 heavy (non-hydrogen) atoms. The van der Waals surface area contributed by atoms with Crippen molar-refractivity contribution >= 4 is 5.91 Å². The van der Waals surface area contributed by atoms with Crippen LogP contribution in [0.3, 0.4) is 0 Å².